The smallest absolute Gasteiger partial charge is 0.0438 e. The molecule has 0 nitrogen and oxygen atoms in total. The minimum Gasteiger partial charge on any atom is -0.0840 e. The van der Waals surface area contributed by atoms with E-state index in [-0.39, 0.29) is 0 Å². The normalized spacial score (nSPS) is 10.0. The third-order valence-corrected chi connectivity index (χ3v) is 2.70. The lowest BCUT2D eigenvalue weighted by Crippen LogP contribution is -1.79. The van der Waals surface area contributed by atoms with Gasteiger partial charge in [0.2, 0.25) is 0 Å². The number of hydrogen-bond donors (Lipinski definition) is 0. The van der Waals surface area contributed by atoms with E-state index < -0.39 is 0 Å². The molecule has 0 saturated carbocycles. The summed E-state index contributed by atoms with van der Waals surface area (Å²) in [6.07, 6.45) is 0. The summed E-state index contributed by atoms with van der Waals surface area (Å²) in [4.78, 5) is 0. The zero-order valence-electron chi connectivity index (χ0n) is 5.91. The maximum absolute atomic E-state index is 5.87. The van der Waals surface area contributed by atoms with Gasteiger partial charge >= 0.3 is 0 Å². The third-order valence-electron chi connectivity index (χ3n) is 1.44. The van der Waals surface area contributed by atoms with Crippen molar-refractivity contribution < 1.29 is 0 Å². The van der Waals surface area contributed by atoms with E-state index in [1.165, 1.54) is 5.56 Å². The van der Waals surface area contributed by atoms with Gasteiger partial charge in [0.15, 0.2) is 0 Å². The number of hydrogen-bond acceptors (Lipinski definition) is 0. The van der Waals surface area contributed by atoms with Gasteiger partial charge in [0.1, 0.15) is 0 Å². The van der Waals surface area contributed by atoms with Crippen LogP contribution in [0.1, 0.15) is 11.1 Å². The Morgan fingerprint density at radius 3 is 2.30 bits per heavy atom. The Balaban J connectivity index is 3.28. The fourth-order valence-corrected chi connectivity index (χ4v) is 1.42. The Morgan fingerprint density at radius 1 is 1.20 bits per heavy atom. The van der Waals surface area contributed by atoms with Crippen LogP contribution in [0.25, 0.3) is 0 Å². The maximum atomic E-state index is 5.87. The zero-order valence-corrected chi connectivity index (χ0v) is 8.25. The maximum Gasteiger partial charge on any atom is 0.0438 e. The van der Waals surface area contributed by atoms with Crippen LogP contribution in [0.3, 0.4) is 0 Å². The molecular weight excluding hydrogens is 211 g/mol. The van der Waals surface area contributed by atoms with E-state index in [2.05, 4.69) is 15.9 Å². The molecule has 0 radical (unpaired) electrons. The van der Waals surface area contributed by atoms with Gasteiger partial charge in [-0.15, -0.1) is 0 Å². The van der Waals surface area contributed by atoms with Crippen LogP contribution in [0.4, 0.5) is 0 Å². The molecule has 0 aromatic heterocycles. The summed E-state index contributed by atoms with van der Waals surface area (Å²) < 4.78 is 1.12. The lowest BCUT2D eigenvalue weighted by Gasteiger charge is -2.01. The van der Waals surface area contributed by atoms with Crippen molar-refractivity contribution in [2.75, 3.05) is 0 Å². The van der Waals surface area contributed by atoms with Crippen LogP contribution in [0.2, 0.25) is 5.02 Å². The van der Waals surface area contributed by atoms with Gasteiger partial charge in [0.05, 0.1) is 0 Å². The highest BCUT2D eigenvalue weighted by Gasteiger charge is 1.98. The molecule has 0 atom stereocenters. The van der Waals surface area contributed by atoms with Crippen LogP contribution in [0, 0.1) is 13.8 Å². The summed E-state index contributed by atoms with van der Waals surface area (Å²) in [5.41, 5.74) is 2.29. The minimum absolute atomic E-state index is 0.834. The number of benzene rings is 1. The molecule has 0 bridgehead atoms. The summed E-state index contributed by atoms with van der Waals surface area (Å²) in [6, 6.07) is 3.98. The first-order valence-corrected chi connectivity index (χ1v) is 4.20. The van der Waals surface area contributed by atoms with Gasteiger partial charge in [-0.1, -0.05) is 27.5 Å². The standard InChI is InChI=1S/C8H8BrCl/c1-5-4-8(10)6(2)3-7(5)9/h3-4H,1-2H3. The van der Waals surface area contributed by atoms with Crippen molar-refractivity contribution in [1.82, 2.24) is 0 Å². The molecule has 0 aliphatic rings. The Bertz CT molecular complexity index is 205. The van der Waals surface area contributed by atoms with Crippen molar-refractivity contribution in [2.45, 2.75) is 13.8 Å². The third kappa shape index (κ3) is 1.53. The molecule has 0 saturated heterocycles. The molecule has 1 aromatic carbocycles. The summed E-state index contributed by atoms with van der Waals surface area (Å²) in [7, 11) is 0. The van der Waals surface area contributed by atoms with E-state index in [1.807, 2.05) is 26.0 Å². The molecule has 0 fully saturated rings. The molecule has 0 amide bonds. The molecule has 0 heterocycles. The van der Waals surface area contributed by atoms with E-state index >= 15 is 0 Å². The molecule has 1 rings (SSSR count). The SMILES string of the molecule is Cc1cc(Br)c(C)cc1Cl. The summed E-state index contributed by atoms with van der Waals surface area (Å²) >= 11 is 9.29. The lowest BCUT2D eigenvalue weighted by atomic mass is 10.2. The topological polar surface area (TPSA) is 0 Å². The molecule has 0 N–H and O–H groups in total. The molecule has 0 aliphatic heterocycles. The molecule has 10 heavy (non-hydrogen) atoms. The van der Waals surface area contributed by atoms with Gasteiger partial charge in [0, 0.05) is 9.50 Å². The van der Waals surface area contributed by atoms with Crippen LogP contribution < -0.4 is 0 Å². The van der Waals surface area contributed by atoms with Crippen LogP contribution in [0.15, 0.2) is 16.6 Å². The Labute approximate surface area is 74.3 Å². The Kier molecular flexibility index (Phi) is 2.37. The summed E-state index contributed by atoms with van der Waals surface area (Å²) in [6.45, 7) is 4.02. The molecule has 0 spiro atoms. The molecule has 1 aromatic rings. The van der Waals surface area contributed by atoms with Crippen LogP contribution in [-0.2, 0) is 0 Å². The highest BCUT2D eigenvalue weighted by Crippen LogP contribution is 2.23. The molecule has 54 valence electrons. The second-order valence-corrected chi connectivity index (χ2v) is 3.61. The molecule has 2 heteroatoms. The van der Waals surface area contributed by atoms with Gasteiger partial charge in [-0.25, -0.2) is 0 Å². The van der Waals surface area contributed by atoms with Crippen molar-refractivity contribution in [3.63, 3.8) is 0 Å². The average Bonchev–Trinajstić information content (AvgIpc) is 1.84. The highest BCUT2D eigenvalue weighted by molar-refractivity contribution is 9.10. The first-order valence-electron chi connectivity index (χ1n) is 3.03. The second kappa shape index (κ2) is 2.93. The minimum atomic E-state index is 0.834. The van der Waals surface area contributed by atoms with Crippen molar-refractivity contribution in [3.05, 3.63) is 32.8 Å². The number of rotatable bonds is 0. The van der Waals surface area contributed by atoms with Crippen molar-refractivity contribution >= 4 is 27.5 Å². The molecule has 0 aliphatic carbocycles. The predicted molar refractivity (Wildman–Crippen MR) is 48.6 cm³/mol. The van der Waals surface area contributed by atoms with E-state index in [9.17, 15) is 0 Å². The van der Waals surface area contributed by atoms with Crippen molar-refractivity contribution in [2.24, 2.45) is 0 Å². The van der Waals surface area contributed by atoms with E-state index in [4.69, 9.17) is 11.6 Å². The molecule has 0 unspecified atom stereocenters. The van der Waals surface area contributed by atoms with E-state index in [0.29, 0.717) is 0 Å². The Morgan fingerprint density at radius 2 is 1.80 bits per heavy atom. The average molecular weight is 220 g/mol. The van der Waals surface area contributed by atoms with Crippen molar-refractivity contribution in [1.29, 1.82) is 0 Å². The van der Waals surface area contributed by atoms with E-state index in [1.54, 1.807) is 0 Å². The predicted octanol–water partition coefficient (Wildman–Crippen LogP) is 3.72. The molecular formula is C8H8BrCl. The van der Waals surface area contributed by atoms with Crippen molar-refractivity contribution in [3.8, 4) is 0 Å². The quantitative estimate of drug-likeness (QED) is 0.624. The summed E-state index contributed by atoms with van der Waals surface area (Å²) in [5, 5.41) is 0.834. The van der Waals surface area contributed by atoms with Crippen LogP contribution in [0.5, 0.6) is 0 Å². The second-order valence-electron chi connectivity index (χ2n) is 2.35. The van der Waals surface area contributed by atoms with E-state index in [0.717, 1.165) is 15.1 Å². The largest absolute Gasteiger partial charge is 0.0840 e. The van der Waals surface area contributed by atoms with Gasteiger partial charge in [-0.3, -0.25) is 0 Å². The van der Waals surface area contributed by atoms with Gasteiger partial charge < -0.3 is 0 Å². The number of halogens is 2. The van der Waals surface area contributed by atoms with Crippen LogP contribution >= 0.6 is 27.5 Å². The van der Waals surface area contributed by atoms with Gasteiger partial charge in [0.25, 0.3) is 0 Å². The fraction of sp³-hybridized carbons (Fsp3) is 0.250. The zero-order chi connectivity index (χ0) is 7.72. The first-order chi connectivity index (χ1) is 4.61. The highest BCUT2D eigenvalue weighted by atomic mass is 79.9. The van der Waals surface area contributed by atoms with Gasteiger partial charge in [-0.2, -0.15) is 0 Å². The van der Waals surface area contributed by atoms with Crippen LogP contribution in [-0.4, -0.2) is 0 Å². The number of aryl methyl sites for hydroxylation is 2. The monoisotopic (exact) mass is 218 g/mol. The fourth-order valence-electron chi connectivity index (χ4n) is 0.746. The van der Waals surface area contributed by atoms with Gasteiger partial charge in [-0.05, 0) is 37.1 Å². The Hall–Kier alpha value is -0.0100. The lowest BCUT2D eigenvalue weighted by molar-refractivity contribution is 1.37. The first kappa shape index (κ1) is 8.09. The summed E-state index contributed by atoms with van der Waals surface area (Å²) in [5.74, 6) is 0.